The summed E-state index contributed by atoms with van der Waals surface area (Å²) < 4.78 is 5.62. The summed E-state index contributed by atoms with van der Waals surface area (Å²) in [6.45, 7) is 6.99. The van der Waals surface area contributed by atoms with Crippen LogP contribution in [-0.4, -0.2) is 28.7 Å². The molecule has 1 aromatic rings. The fraction of sp³-hybridized carbons (Fsp3) is 0.692. The average molecular weight is 233 g/mol. The molecule has 0 amide bonds. The summed E-state index contributed by atoms with van der Waals surface area (Å²) in [5.41, 5.74) is 2.23. The van der Waals surface area contributed by atoms with Crippen LogP contribution >= 0.6 is 0 Å². The lowest BCUT2D eigenvalue weighted by Gasteiger charge is -2.40. The molecule has 0 spiro atoms. The van der Waals surface area contributed by atoms with Gasteiger partial charge in [0.05, 0.1) is 6.10 Å². The molecule has 1 saturated carbocycles. The van der Waals surface area contributed by atoms with Gasteiger partial charge in [0, 0.05) is 29.8 Å². The van der Waals surface area contributed by atoms with Gasteiger partial charge in [-0.05, 0) is 33.6 Å². The third-order valence-corrected chi connectivity index (χ3v) is 4.09. The van der Waals surface area contributed by atoms with E-state index in [0.717, 1.165) is 35.9 Å². The van der Waals surface area contributed by atoms with E-state index in [0.29, 0.717) is 18.1 Å². The minimum absolute atomic E-state index is 0.497. The molecular weight excluding hydrogens is 214 g/mol. The van der Waals surface area contributed by atoms with E-state index in [2.05, 4.69) is 22.2 Å². The molecule has 1 aliphatic carbocycles. The van der Waals surface area contributed by atoms with Crippen LogP contribution in [0.1, 0.15) is 29.9 Å². The number of aryl methyl sites for hydroxylation is 2. The van der Waals surface area contributed by atoms with Crippen molar-refractivity contribution in [2.45, 2.75) is 45.8 Å². The van der Waals surface area contributed by atoms with Gasteiger partial charge in [0.25, 0.3) is 0 Å². The van der Waals surface area contributed by atoms with Crippen LogP contribution in [0.15, 0.2) is 0 Å². The molecule has 0 bridgehead atoms. The van der Waals surface area contributed by atoms with Crippen molar-refractivity contribution >= 4 is 5.82 Å². The van der Waals surface area contributed by atoms with Crippen molar-refractivity contribution in [2.75, 3.05) is 11.9 Å². The van der Waals surface area contributed by atoms with E-state index in [4.69, 9.17) is 4.74 Å². The first kappa shape index (κ1) is 11.0. The van der Waals surface area contributed by atoms with Crippen molar-refractivity contribution in [3.05, 3.63) is 17.1 Å². The predicted molar refractivity (Wildman–Crippen MR) is 66.1 cm³/mol. The van der Waals surface area contributed by atoms with Gasteiger partial charge in [0.15, 0.2) is 0 Å². The molecule has 4 nitrogen and oxygen atoms in total. The van der Waals surface area contributed by atoms with Crippen LogP contribution in [0.4, 0.5) is 5.82 Å². The van der Waals surface area contributed by atoms with Crippen molar-refractivity contribution in [1.29, 1.82) is 0 Å². The van der Waals surface area contributed by atoms with Crippen LogP contribution in [0.5, 0.6) is 0 Å². The van der Waals surface area contributed by atoms with E-state index < -0.39 is 0 Å². The number of hydrogen-bond donors (Lipinski definition) is 1. The number of nitrogens with one attached hydrogen (secondary N) is 1. The van der Waals surface area contributed by atoms with E-state index in [-0.39, 0.29) is 0 Å². The molecule has 2 aliphatic rings. The highest BCUT2D eigenvalue weighted by molar-refractivity contribution is 5.47. The Labute approximate surface area is 102 Å². The lowest BCUT2D eigenvalue weighted by molar-refractivity contribution is 0.0246. The van der Waals surface area contributed by atoms with Gasteiger partial charge in [-0.1, -0.05) is 0 Å². The molecule has 0 aromatic carbocycles. The molecule has 0 unspecified atom stereocenters. The van der Waals surface area contributed by atoms with Gasteiger partial charge >= 0.3 is 0 Å². The zero-order valence-corrected chi connectivity index (χ0v) is 10.7. The zero-order chi connectivity index (χ0) is 12.0. The Morgan fingerprint density at radius 2 is 2.06 bits per heavy atom. The second-order valence-electron chi connectivity index (χ2n) is 5.18. The SMILES string of the molecule is Cc1nc(C)c(C)c(N[C@@H]2C[C@@H]3OCC[C@@H]32)n1. The maximum atomic E-state index is 5.62. The third kappa shape index (κ3) is 1.80. The first-order valence-corrected chi connectivity index (χ1v) is 6.35. The number of nitrogens with zero attached hydrogens (tertiary/aromatic N) is 2. The van der Waals surface area contributed by atoms with Crippen LogP contribution in [-0.2, 0) is 4.74 Å². The Hall–Kier alpha value is -1.16. The molecule has 1 saturated heterocycles. The first-order chi connectivity index (χ1) is 8.15. The largest absolute Gasteiger partial charge is 0.378 e. The summed E-state index contributed by atoms with van der Waals surface area (Å²) in [6.07, 6.45) is 2.80. The highest BCUT2D eigenvalue weighted by Crippen LogP contribution is 2.40. The quantitative estimate of drug-likeness (QED) is 0.848. The fourth-order valence-electron chi connectivity index (χ4n) is 2.85. The normalized spacial score (nSPS) is 30.9. The molecule has 1 N–H and O–H groups in total. The maximum Gasteiger partial charge on any atom is 0.133 e. The molecule has 92 valence electrons. The number of aromatic nitrogens is 2. The van der Waals surface area contributed by atoms with Crippen molar-refractivity contribution in [2.24, 2.45) is 5.92 Å². The molecule has 4 heteroatoms. The minimum atomic E-state index is 0.497. The fourth-order valence-corrected chi connectivity index (χ4v) is 2.85. The van der Waals surface area contributed by atoms with Gasteiger partial charge in [-0.2, -0.15) is 0 Å². The van der Waals surface area contributed by atoms with E-state index in [1.807, 2.05) is 13.8 Å². The lowest BCUT2D eigenvalue weighted by Crippen LogP contribution is -2.47. The second kappa shape index (κ2) is 3.95. The standard InChI is InChI=1S/C13H19N3O/c1-7-8(2)14-9(3)15-13(7)16-11-6-12-10(11)4-5-17-12/h10-12H,4-6H2,1-3H3,(H,14,15,16)/t10-,11-,12+/m1/s1. The Morgan fingerprint density at radius 3 is 2.82 bits per heavy atom. The number of ether oxygens (including phenoxy) is 1. The minimum Gasteiger partial charge on any atom is -0.378 e. The zero-order valence-electron chi connectivity index (χ0n) is 10.7. The second-order valence-corrected chi connectivity index (χ2v) is 5.18. The summed E-state index contributed by atoms with van der Waals surface area (Å²) in [6, 6.07) is 0.537. The van der Waals surface area contributed by atoms with Gasteiger partial charge in [-0.3, -0.25) is 0 Å². The summed E-state index contributed by atoms with van der Waals surface area (Å²) in [4.78, 5) is 8.88. The summed E-state index contributed by atoms with van der Waals surface area (Å²) in [5, 5.41) is 3.57. The monoisotopic (exact) mass is 233 g/mol. The van der Waals surface area contributed by atoms with Crippen molar-refractivity contribution < 1.29 is 4.74 Å². The van der Waals surface area contributed by atoms with Crippen molar-refractivity contribution in [3.8, 4) is 0 Å². The van der Waals surface area contributed by atoms with Crippen LogP contribution in [0.3, 0.4) is 0 Å². The Kier molecular flexibility index (Phi) is 2.54. The number of hydrogen-bond acceptors (Lipinski definition) is 4. The molecular formula is C13H19N3O. The molecule has 3 atom stereocenters. The van der Waals surface area contributed by atoms with Crippen molar-refractivity contribution in [3.63, 3.8) is 0 Å². The van der Waals surface area contributed by atoms with Gasteiger partial charge in [0.2, 0.25) is 0 Å². The number of rotatable bonds is 2. The van der Waals surface area contributed by atoms with Crippen LogP contribution < -0.4 is 5.32 Å². The Balaban J connectivity index is 1.77. The lowest BCUT2D eigenvalue weighted by atomic mass is 9.76. The van der Waals surface area contributed by atoms with Gasteiger partial charge in [-0.25, -0.2) is 9.97 Å². The average Bonchev–Trinajstić information content (AvgIpc) is 2.63. The molecule has 2 fully saturated rings. The van der Waals surface area contributed by atoms with E-state index in [1.165, 1.54) is 6.42 Å². The number of fused-ring (bicyclic) bond motifs is 1. The van der Waals surface area contributed by atoms with E-state index in [9.17, 15) is 0 Å². The van der Waals surface area contributed by atoms with E-state index >= 15 is 0 Å². The Bertz CT molecular complexity index is 447. The Morgan fingerprint density at radius 1 is 1.24 bits per heavy atom. The highest BCUT2D eigenvalue weighted by Gasteiger charge is 2.45. The summed E-state index contributed by atoms with van der Waals surface area (Å²) in [7, 11) is 0. The molecule has 1 aliphatic heterocycles. The molecule has 3 rings (SSSR count). The van der Waals surface area contributed by atoms with E-state index in [1.54, 1.807) is 0 Å². The smallest absolute Gasteiger partial charge is 0.133 e. The molecule has 17 heavy (non-hydrogen) atoms. The molecule has 0 radical (unpaired) electrons. The topological polar surface area (TPSA) is 47.0 Å². The van der Waals surface area contributed by atoms with Crippen molar-refractivity contribution in [1.82, 2.24) is 9.97 Å². The molecule has 2 heterocycles. The van der Waals surface area contributed by atoms with Crippen LogP contribution in [0.2, 0.25) is 0 Å². The highest BCUT2D eigenvalue weighted by atomic mass is 16.5. The van der Waals surface area contributed by atoms with Gasteiger partial charge < -0.3 is 10.1 Å². The van der Waals surface area contributed by atoms with Crippen LogP contribution in [0, 0.1) is 26.7 Å². The number of anilines is 1. The maximum absolute atomic E-state index is 5.62. The first-order valence-electron chi connectivity index (χ1n) is 6.35. The predicted octanol–water partition coefficient (Wildman–Crippen LogP) is 1.99. The van der Waals surface area contributed by atoms with Gasteiger partial charge in [0.1, 0.15) is 11.6 Å². The summed E-state index contributed by atoms with van der Waals surface area (Å²) in [5.74, 6) is 2.53. The summed E-state index contributed by atoms with van der Waals surface area (Å²) >= 11 is 0. The van der Waals surface area contributed by atoms with Crippen LogP contribution in [0.25, 0.3) is 0 Å². The third-order valence-electron chi connectivity index (χ3n) is 4.09. The molecule has 1 aromatic heterocycles. The van der Waals surface area contributed by atoms with Gasteiger partial charge in [-0.15, -0.1) is 0 Å².